The third-order valence-electron chi connectivity index (χ3n) is 3.28. The number of aryl methyl sites for hydroxylation is 1. The van der Waals surface area contributed by atoms with Crippen LogP contribution >= 0.6 is 11.6 Å². The fourth-order valence-electron chi connectivity index (χ4n) is 1.83. The summed E-state index contributed by atoms with van der Waals surface area (Å²) in [6, 6.07) is 9.27. The molecule has 1 fully saturated rings. The van der Waals surface area contributed by atoms with Gasteiger partial charge in [0.1, 0.15) is 11.6 Å². The number of hydrogen-bond donors (Lipinski definition) is 0. The summed E-state index contributed by atoms with van der Waals surface area (Å²) in [5.74, 6) is -1.15. The molecule has 0 unspecified atom stereocenters. The van der Waals surface area contributed by atoms with E-state index in [0.717, 1.165) is 0 Å². The monoisotopic (exact) mass is 319 g/mol. The first-order valence-corrected chi connectivity index (χ1v) is 7.52. The van der Waals surface area contributed by atoms with Crippen molar-refractivity contribution in [2.24, 2.45) is 0 Å². The molecular weight excluding hydrogens is 304 g/mol. The van der Waals surface area contributed by atoms with Crippen LogP contribution in [0, 0.1) is 29.9 Å². The van der Waals surface area contributed by atoms with Gasteiger partial charge in [-0.05, 0) is 36.2 Å². The van der Waals surface area contributed by atoms with E-state index >= 15 is 0 Å². The molecule has 0 aromatic heterocycles. The van der Waals surface area contributed by atoms with Gasteiger partial charge in [0, 0.05) is 17.0 Å². The fourth-order valence-corrected chi connectivity index (χ4v) is 2.07. The second kappa shape index (κ2) is 7.38. The quantitative estimate of drug-likeness (QED) is 0.711. The highest BCUT2D eigenvalue weighted by molar-refractivity contribution is 6.31. The van der Waals surface area contributed by atoms with E-state index in [2.05, 4.69) is 0 Å². The Morgan fingerprint density at radius 3 is 2.36 bits per heavy atom. The van der Waals surface area contributed by atoms with Crippen molar-refractivity contribution in [3.8, 4) is 6.07 Å². The molecule has 2 aromatic carbocycles. The van der Waals surface area contributed by atoms with Crippen LogP contribution in [0.3, 0.4) is 0 Å². The van der Waals surface area contributed by atoms with Gasteiger partial charge in [-0.15, -0.1) is 0 Å². The molecule has 0 amide bonds. The molecule has 0 saturated heterocycles. The van der Waals surface area contributed by atoms with Gasteiger partial charge in [-0.1, -0.05) is 43.0 Å². The maximum absolute atomic E-state index is 13.9. The lowest BCUT2D eigenvalue weighted by Gasteiger charge is -2.09. The van der Waals surface area contributed by atoms with Gasteiger partial charge < -0.3 is 0 Å². The zero-order chi connectivity index (χ0) is 16.1. The van der Waals surface area contributed by atoms with E-state index in [9.17, 15) is 8.78 Å². The highest BCUT2D eigenvalue weighted by Crippen LogP contribution is 2.24. The van der Waals surface area contributed by atoms with Crippen LogP contribution in [0.15, 0.2) is 30.3 Å². The van der Waals surface area contributed by atoms with Gasteiger partial charge in [0.2, 0.25) is 0 Å². The van der Waals surface area contributed by atoms with E-state index in [0.29, 0.717) is 21.7 Å². The van der Waals surface area contributed by atoms with Crippen LogP contribution in [0.2, 0.25) is 5.02 Å². The summed E-state index contributed by atoms with van der Waals surface area (Å²) < 4.78 is 27.5. The third kappa shape index (κ3) is 4.29. The Morgan fingerprint density at radius 2 is 1.82 bits per heavy atom. The van der Waals surface area contributed by atoms with Crippen molar-refractivity contribution >= 4 is 11.6 Å². The number of benzene rings is 2. The van der Waals surface area contributed by atoms with Crippen LogP contribution in [0.25, 0.3) is 0 Å². The van der Waals surface area contributed by atoms with Crippen LogP contribution in [0.1, 0.15) is 41.5 Å². The van der Waals surface area contributed by atoms with Gasteiger partial charge >= 0.3 is 0 Å². The molecule has 0 heterocycles. The van der Waals surface area contributed by atoms with Gasteiger partial charge in [0.25, 0.3) is 0 Å². The van der Waals surface area contributed by atoms with Crippen molar-refractivity contribution < 1.29 is 8.78 Å². The molecule has 1 aliphatic carbocycles. The first kappa shape index (κ1) is 16.5. The topological polar surface area (TPSA) is 23.8 Å². The first-order chi connectivity index (χ1) is 10.5. The van der Waals surface area contributed by atoms with Gasteiger partial charge in [-0.3, -0.25) is 0 Å². The average molecular weight is 320 g/mol. The predicted molar refractivity (Wildman–Crippen MR) is 83.9 cm³/mol. The number of nitrogens with zero attached hydrogens (tertiary/aromatic N) is 1. The molecule has 0 radical (unpaired) electrons. The van der Waals surface area contributed by atoms with E-state index in [4.69, 9.17) is 16.9 Å². The molecule has 1 nitrogen and oxygen atoms in total. The summed E-state index contributed by atoms with van der Waals surface area (Å²) in [4.78, 5) is 0. The molecule has 4 heteroatoms. The van der Waals surface area contributed by atoms with Crippen LogP contribution in [0.5, 0.6) is 0 Å². The second-order valence-electron chi connectivity index (χ2n) is 5.31. The fraction of sp³-hybridized carbons (Fsp3) is 0.278. The lowest BCUT2D eigenvalue weighted by molar-refractivity contribution is 0.556. The summed E-state index contributed by atoms with van der Waals surface area (Å²) in [5, 5.41) is 9.07. The highest BCUT2D eigenvalue weighted by Gasteiger charge is 2.13. The van der Waals surface area contributed by atoms with Crippen LogP contribution in [-0.2, 0) is 6.42 Å². The Labute approximate surface area is 134 Å². The molecule has 0 spiro atoms. The van der Waals surface area contributed by atoms with Crippen molar-refractivity contribution in [2.45, 2.75) is 32.6 Å². The predicted octanol–water partition coefficient (Wildman–Crippen LogP) is 5.56. The normalized spacial score (nSPS) is 12.1. The Kier molecular flexibility index (Phi) is 5.51. The minimum Gasteiger partial charge on any atom is -0.207 e. The zero-order valence-corrected chi connectivity index (χ0v) is 13.1. The van der Waals surface area contributed by atoms with Crippen LogP contribution in [-0.4, -0.2) is 0 Å². The smallest absolute Gasteiger partial charge is 0.132 e. The van der Waals surface area contributed by atoms with Crippen molar-refractivity contribution in [2.75, 3.05) is 0 Å². The summed E-state index contributed by atoms with van der Waals surface area (Å²) in [5.41, 5.74) is 1.38. The van der Waals surface area contributed by atoms with Gasteiger partial charge in [0.05, 0.1) is 11.6 Å². The van der Waals surface area contributed by atoms with Crippen molar-refractivity contribution in [1.29, 1.82) is 5.26 Å². The van der Waals surface area contributed by atoms with Gasteiger partial charge in [-0.2, -0.15) is 5.26 Å². The third-order valence-corrected chi connectivity index (χ3v) is 3.63. The standard InChI is InChI=1S/C15H10ClF2N.C3H6/c1-9-2-5-14(17)12(15(9)18)7-11-4-3-10(8-19)6-13(11)16;1-2-3-1/h2-6H,7H2,1H3;1-3H2. The van der Waals surface area contributed by atoms with Crippen LogP contribution in [0.4, 0.5) is 8.78 Å². The maximum atomic E-state index is 13.9. The number of halogens is 3. The highest BCUT2D eigenvalue weighted by atomic mass is 35.5. The number of hydrogen-bond acceptors (Lipinski definition) is 1. The van der Waals surface area contributed by atoms with Gasteiger partial charge in [0.15, 0.2) is 0 Å². The van der Waals surface area contributed by atoms with E-state index < -0.39 is 11.6 Å². The second-order valence-corrected chi connectivity index (χ2v) is 5.72. The van der Waals surface area contributed by atoms with E-state index in [1.807, 2.05) is 6.07 Å². The maximum Gasteiger partial charge on any atom is 0.132 e. The van der Waals surface area contributed by atoms with Crippen molar-refractivity contribution in [3.63, 3.8) is 0 Å². The minimum absolute atomic E-state index is 0.00777. The average Bonchev–Trinajstić information content (AvgIpc) is 3.37. The van der Waals surface area contributed by atoms with Crippen LogP contribution < -0.4 is 0 Å². The molecule has 0 bridgehead atoms. The molecule has 1 saturated carbocycles. The Balaban J connectivity index is 0.000000523. The minimum atomic E-state index is -0.594. The summed E-state index contributed by atoms with van der Waals surface area (Å²) >= 11 is 6.01. The molecule has 2 aromatic rings. The summed E-state index contributed by atoms with van der Waals surface area (Å²) in [6.45, 7) is 1.58. The zero-order valence-electron chi connectivity index (χ0n) is 12.3. The first-order valence-electron chi connectivity index (χ1n) is 7.15. The van der Waals surface area contributed by atoms with E-state index in [-0.39, 0.29) is 12.0 Å². The molecule has 0 N–H and O–H groups in total. The molecule has 114 valence electrons. The summed E-state index contributed by atoms with van der Waals surface area (Å²) in [7, 11) is 0. The Morgan fingerprint density at radius 1 is 1.14 bits per heavy atom. The SMILES string of the molecule is C1CC1.Cc1ccc(F)c(Cc2ccc(C#N)cc2Cl)c1F. The summed E-state index contributed by atoms with van der Waals surface area (Å²) in [6.07, 6.45) is 4.56. The van der Waals surface area contributed by atoms with E-state index in [1.54, 1.807) is 19.1 Å². The molecule has 1 aliphatic rings. The lowest BCUT2D eigenvalue weighted by atomic mass is 10.0. The van der Waals surface area contributed by atoms with E-state index in [1.165, 1.54) is 37.5 Å². The molecule has 22 heavy (non-hydrogen) atoms. The molecule has 3 rings (SSSR count). The van der Waals surface area contributed by atoms with Crippen molar-refractivity contribution in [3.05, 3.63) is 69.2 Å². The Hall–Kier alpha value is -1.92. The largest absolute Gasteiger partial charge is 0.207 e. The molecule has 0 atom stereocenters. The Bertz CT molecular complexity index is 715. The lowest BCUT2D eigenvalue weighted by Crippen LogP contribution is -2.00. The molecule has 0 aliphatic heterocycles. The number of nitriles is 1. The number of rotatable bonds is 2. The van der Waals surface area contributed by atoms with Gasteiger partial charge in [-0.25, -0.2) is 8.78 Å². The molecular formula is C18H16ClF2N. The van der Waals surface area contributed by atoms with Crippen molar-refractivity contribution in [1.82, 2.24) is 0 Å².